The fraction of sp³-hybridized carbons (Fsp3) is 0.704. The summed E-state index contributed by atoms with van der Waals surface area (Å²) < 4.78 is 5.94. The summed E-state index contributed by atoms with van der Waals surface area (Å²) >= 11 is 0. The number of methoxy groups -OCH3 is 1. The lowest BCUT2D eigenvalue weighted by molar-refractivity contribution is -0.142. The molecule has 0 aliphatic heterocycles. The summed E-state index contributed by atoms with van der Waals surface area (Å²) in [5.74, 6) is -1.20. The number of ether oxygens (including phenoxy) is 1. The summed E-state index contributed by atoms with van der Waals surface area (Å²) in [6.45, 7) is 4.91. The Kier molecular flexibility index (Phi) is 9.13. The molecule has 5 N–H and O–H groups in total. The highest BCUT2D eigenvalue weighted by molar-refractivity contribution is 5.93. The molecule has 1 aromatic rings. The predicted octanol–water partition coefficient (Wildman–Crippen LogP) is 3.40. The molecule has 3 atom stereocenters. The number of nitrogens with two attached hydrogens (primary N) is 1. The van der Waals surface area contributed by atoms with Gasteiger partial charge in [0.25, 0.3) is 0 Å². The molecule has 2 aliphatic carbocycles. The fourth-order valence-electron chi connectivity index (χ4n) is 6.38. The van der Waals surface area contributed by atoms with Crippen molar-refractivity contribution in [3.05, 3.63) is 34.9 Å². The minimum Gasteiger partial charge on any atom is -0.481 e. The number of carboxylic acids is 1. The number of primary amides is 1. The van der Waals surface area contributed by atoms with Crippen molar-refractivity contribution in [2.75, 3.05) is 13.7 Å². The van der Waals surface area contributed by atoms with E-state index in [1.165, 1.54) is 5.56 Å². The van der Waals surface area contributed by atoms with Gasteiger partial charge in [-0.3, -0.25) is 9.59 Å². The number of carbonyl (C=O) groups excluding carboxylic acids is 1. The van der Waals surface area contributed by atoms with Gasteiger partial charge in [0.1, 0.15) is 0 Å². The number of hydrogen-bond donors (Lipinski definition) is 4. The number of carboxylic acid groups (broad SMARTS) is 1. The number of aliphatic carboxylic acids is 1. The molecule has 7 nitrogen and oxygen atoms in total. The zero-order chi connectivity index (χ0) is 24.9. The molecule has 1 saturated carbocycles. The van der Waals surface area contributed by atoms with Crippen molar-refractivity contribution < 1.29 is 24.5 Å². The van der Waals surface area contributed by atoms with Gasteiger partial charge in [0, 0.05) is 30.6 Å². The molecule has 190 valence electrons. The second-order valence-corrected chi connectivity index (χ2v) is 10.2. The summed E-state index contributed by atoms with van der Waals surface area (Å²) in [4.78, 5) is 23.9. The third-order valence-electron chi connectivity index (χ3n) is 8.52. The van der Waals surface area contributed by atoms with E-state index in [2.05, 4.69) is 19.2 Å². The molecule has 1 fully saturated rings. The van der Waals surface area contributed by atoms with E-state index in [4.69, 9.17) is 10.5 Å². The normalized spacial score (nSPS) is 27.1. The van der Waals surface area contributed by atoms with Gasteiger partial charge in [-0.15, -0.1) is 0 Å². The molecule has 7 heteroatoms. The summed E-state index contributed by atoms with van der Waals surface area (Å²) in [5.41, 5.74) is 8.19. The van der Waals surface area contributed by atoms with Crippen molar-refractivity contribution in [3.8, 4) is 0 Å². The molecule has 0 radical (unpaired) electrons. The SMILES string of the molecule is CCC1(CC)c2cc(C(N)=O)ccc2CC(OC)C1NCCC(CC1CCC(O)CC1)C(=O)O. The highest BCUT2D eigenvalue weighted by atomic mass is 16.5. The monoisotopic (exact) mass is 474 g/mol. The Bertz CT molecular complexity index is 845. The number of aliphatic hydroxyl groups excluding tert-OH is 1. The molecule has 1 amide bonds. The van der Waals surface area contributed by atoms with E-state index in [0.717, 1.165) is 50.5 Å². The Hall–Kier alpha value is -1.96. The van der Waals surface area contributed by atoms with Crippen LogP contribution in [0.1, 0.15) is 86.7 Å². The smallest absolute Gasteiger partial charge is 0.306 e. The van der Waals surface area contributed by atoms with Crippen LogP contribution in [0.5, 0.6) is 0 Å². The average molecular weight is 475 g/mol. The molecule has 0 heterocycles. The maximum atomic E-state index is 12.0. The molecule has 0 bridgehead atoms. The van der Waals surface area contributed by atoms with E-state index in [-0.39, 0.29) is 23.7 Å². The minimum atomic E-state index is -0.742. The Morgan fingerprint density at radius 1 is 1.21 bits per heavy atom. The number of aliphatic hydroxyl groups is 1. The molecule has 0 saturated heterocycles. The first-order valence-electron chi connectivity index (χ1n) is 12.9. The molecule has 3 unspecified atom stereocenters. The van der Waals surface area contributed by atoms with E-state index in [1.54, 1.807) is 13.2 Å². The summed E-state index contributed by atoms with van der Waals surface area (Å²) in [6, 6.07) is 5.74. The molecule has 0 spiro atoms. The number of amides is 1. The minimum absolute atomic E-state index is 0.00222. The van der Waals surface area contributed by atoms with E-state index < -0.39 is 17.8 Å². The van der Waals surface area contributed by atoms with Gasteiger partial charge in [-0.05, 0) is 87.1 Å². The van der Waals surface area contributed by atoms with Crippen LogP contribution in [0.15, 0.2) is 18.2 Å². The lowest BCUT2D eigenvalue weighted by atomic mass is 9.62. The van der Waals surface area contributed by atoms with Crippen LogP contribution in [0, 0.1) is 11.8 Å². The number of nitrogens with one attached hydrogen (secondary N) is 1. The Balaban J connectivity index is 1.76. The Morgan fingerprint density at radius 2 is 1.88 bits per heavy atom. The number of rotatable bonds is 11. The number of hydrogen-bond acceptors (Lipinski definition) is 5. The highest BCUT2D eigenvalue weighted by Gasteiger charge is 2.46. The molecule has 1 aromatic carbocycles. The van der Waals surface area contributed by atoms with Crippen molar-refractivity contribution >= 4 is 11.9 Å². The van der Waals surface area contributed by atoms with Crippen LogP contribution in [-0.4, -0.2) is 54.0 Å². The van der Waals surface area contributed by atoms with Crippen molar-refractivity contribution in [1.82, 2.24) is 5.32 Å². The first-order valence-corrected chi connectivity index (χ1v) is 12.9. The molecule has 34 heavy (non-hydrogen) atoms. The van der Waals surface area contributed by atoms with Gasteiger partial charge in [0.15, 0.2) is 0 Å². The second-order valence-electron chi connectivity index (χ2n) is 10.2. The molecule has 2 aliphatic rings. The first-order chi connectivity index (χ1) is 16.2. The molecular formula is C27H42N2O5. The van der Waals surface area contributed by atoms with Crippen LogP contribution in [0.4, 0.5) is 0 Å². The van der Waals surface area contributed by atoms with E-state index in [0.29, 0.717) is 30.9 Å². The van der Waals surface area contributed by atoms with Gasteiger partial charge in [-0.25, -0.2) is 0 Å². The van der Waals surface area contributed by atoms with E-state index >= 15 is 0 Å². The first kappa shape index (κ1) is 26.6. The van der Waals surface area contributed by atoms with E-state index in [9.17, 15) is 19.8 Å². The molecule has 3 rings (SSSR count). The largest absolute Gasteiger partial charge is 0.481 e. The average Bonchev–Trinajstić information content (AvgIpc) is 2.83. The van der Waals surface area contributed by atoms with Crippen molar-refractivity contribution in [1.29, 1.82) is 0 Å². The van der Waals surface area contributed by atoms with Crippen molar-refractivity contribution in [2.45, 2.75) is 95.3 Å². The third-order valence-corrected chi connectivity index (χ3v) is 8.52. The predicted molar refractivity (Wildman–Crippen MR) is 132 cm³/mol. The number of fused-ring (bicyclic) bond motifs is 1. The van der Waals surface area contributed by atoms with E-state index in [1.807, 2.05) is 12.1 Å². The number of benzene rings is 1. The van der Waals surface area contributed by atoms with Crippen LogP contribution < -0.4 is 11.1 Å². The Morgan fingerprint density at radius 3 is 2.44 bits per heavy atom. The molecular weight excluding hydrogens is 432 g/mol. The van der Waals surface area contributed by atoms with Gasteiger partial charge in [-0.2, -0.15) is 0 Å². The summed E-state index contributed by atoms with van der Waals surface area (Å²) in [6.07, 6.45) is 6.76. The third kappa shape index (κ3) is 5.64. The van der Waals surface area contributed by atoms with Gasteiger partial charge in [-0.1, -0.05) is 19.9 Å². The van der Waals surface area contributed by atoms with Gasteiger partial charge in [0.05, 0.1) is 18.1 Å². The Labute approximate surface area is 203 Å². The topological polar surface area (TPSA) is 122 Å². The van der Waals surface area contributed by atoms with Crippen LogP contribution in [-0.2, 0) is 21.4 Å². The lowest BCUT2D eigenvalue weighted by Gasteiger charge is -2.49. The zero-order valence-corrected chi connectivity index (χ0v) is 20.9. The second kappa shape index (κ2) is 11.6. The highest BCUT2D eigenvalue weighted by Crippen LogP contribution is 2.44. The summed E-state index contributed by atoms with van der Waals surface area (Å²) in [5, 5.41) is 23.3. The summed E-state index contributed by atoms with van der Waals surface area (Å²) in [7, 11) is 1.73. The van der Waals surface area contributed by atoms with Crippen molar-refractivity contribution in [3.63, 3.8) is 0 Å². The van der Waals surface area contributed by atoms with Crippen LogP contribution in [0.25, 0.3) is 0 Å². The standard InChI is InChI=1S/C27H42N2O5/c1-4-27(5-2)22-15-19(25(28)31)9-8-18(22)16-23(34-3)24(27)29-13-12-20(26(32)33)14-17-6-10-21(30)11-7-17/h8-9,15,17,20-21,23-24,29-30H,4-7,10-14,16H2,1-3H3,(H2,28,31)(H,32,33). The molecule has 0 aromatic heterocycles. The van der Waals surface area contributed by atoms with Crippen LogP contribution in [0.2, 0.25) is 0 Å². The van der Waals surface area contributed by atoms with Gasteiger partial charge < -0.3 is 26.0 Å². The van der Waals surface area contributed by atoms with Gasteiger partial charge in [0.2, 0.25) is 5.91 Å². The zero-order valence-electron chi connectivity index (χ0n) is 20.9. The number of carbonyl (C=O) groups is 2. The van der Waals surface area contributed by atoms with Crippen LogP contribution in [0.3, 0.4) is 0 Å². The maximum absolute atomic E-state index is 12.0. The van der Waals surface area contributed by atoms with Crippen LogP contribution >= 0.6 is 0 Å². The quantitative estimate of drug-likeness (QED) is 0.390. The maximum Gasteiger partial charge on any atom is 0.306 e. The van der Waals surface area contributed by atoms with Gasteiger partial charge >= 0.3 is 5.97 Å². The fourth-order valence-corrected chi connectivity index (χ4v) is 6.38. The van der Waals surface area contributed by atoms with Crippen molar-refractivity contribution in [2.24, 2.45) is 17.6 Å². The lowest BCUT2D eigenvalue weighted by Crippen LogP contribution is -2.59.